The first-order chi connectivity index (χ1) is 30.1. The molecule has 6 heterocycles. The first kappa shape index (κ1) is 54.9. The molecule has 0 spiro atoms. The molecule has 0 radical (unpaired) electrons. The van der Waals surface area contributed by atoms with Crippen molar-refractivity contribution in [2.24, 2.45) is 0 Å². The third kappa shape index (κ3) is 26.8. The lowest BCUT2D eigenvalue weighted by atomic mass is 10.0. The van der Waals surface area contributed by atoms with Gasteiger partial charge in [-0.15, -0.1) is 0 Å². The van der Waals surface area contributed by atoms with Crippen molar-refractivity contribution < 1.29 is 0 Å². The third-order valence-electron chi connectivity index (χ3n) is 9.09. The van der Waals surface area contributed by atoms with Gasteiger partial charge in [0.1, 0.15) is 12.7 Å². The summed E-state index contributed by atoms with van der Waals surface area (Å²) in [4.78, 5) is 35.8. The molecule has 9 nitrogen and oxygen atoms in total. The average Bonchev–Trinajstić information content (AvgIpc) is 3.32. The van der Waals surface area contributed by atoms with Gasteiger partial charge in [-0.25, -0.2) is 19.9 Å². The summed E-state index contributed by atoms with van der Waals surface area (Å²) in [6, 6.07) is 26.6. The van der Waals surface area contributed by atoms with Crippen LogP contribution in [0.5, 0.6) is 0 Å². The molecule has 0 saturated heterocycles. The van der Waals surface area contributed by atoms with Crippen molar-refractivity contribution >= 4 is 0 Å². The number of rotatable bonds is 7. The Balaban J connectivity index is 0.000000367. The molecule has 0 bridgehead atoms. The molecular formula is C54H75N9. The summed E-state index contributed by atoms with van der Waals surface area (Å²) in [5, 5.41) is 0. The first-order valence-corrected chi connectivity index (χ1v) is 22.2. The molecular weight excluding hydrogens is 775 g/mol. The lowest BCUT2D eigenvalue weighted by Crippen LogP contribution is -1.91. The largest absolute Gasteiger partial charge is 0.265 e. The van der Waals surface area contributed by atoms with Gasteiger partial charge in [0.25, 0.3) is 0 Å². The third-order valence-corrected chi connectivity index (χ3v) is 9.09. The first-order valence-electron chi connectivity index (χ1n) is 22.2. The second-order valence-electron chi connectivity index (χ2n) is 16.8. The highest BCUT2D eigenvalue weighted by Gasteiger charge is 1.99. The fourth-order valence-electron chi connectivity index (χ4n) is 4.88. The Kier molecular flexibility index (Phi) is 29.2. The maximum atomic E-state index is 4.18. The zero-order valence-corrected chi connectivity index (χ0v) is 40.6. The van der Waals surface area contributed by atoms with Crippen molar-refractivity contribution in [2.45, 2.75) is 138 Å². The number of aromatic nitrogens is 9. The van der Waals surface area contributed by atoms with Crippen molar-refractivity contribution in [1.29, 1.82) is 0 Å². The van der Waals surface area contributed by atoms with E-state index >= 15 is 0 Å². The molecule has 0 fully saturated rings. The number of benzene rings is 1. The standard InChI is InChI=1S/C9H12.3C8H11N.3C7H10N2/c1-8(2)9-6-4-3-5-7-9;1-7(2)8-3-5-9-6-4-8;1-7(2)8-4-3-5-9-6-8;1-7(2)8-5-3-4-6-9-8;1-6(2)7-3-8-5-9-4-7;1-6(2)7-5-8-3-4-9-7;1-6(2)7-3-4-8-5-9-7/h3-8H,1-2H3;3*3-7H,1-2H3;3*3-6H,1-2H3. The summed E-state index contributed by atoms with van der Waals surface area (Å²) < 4.78 is 0. The normalized spacial score (nSPS) is 10.1. The van der Waals surface area contributed by atoms with E-state index in [4.69, 9.17) is 0 Å². The van der Waals surface area contributed by atoms with E-state index in [1.807, 2.05) is 85.7 Å². The maximum absolute atomic E-state index is 4.18. The number of pyridine rings is 3. The molecule has 1 aromatic carbocycles. The van der Waals surface area contributed by atoms with Gasteiger partial charge in [0.15, 0.2) is 0 Å². The lowest BCUT2D eigenvalue weighted by Gasteiger charge is -2.01. The van der Waals surface area contributed by atoms with Crippen LogP contribution in [0.4, 0.5) is 0 Å². The molecule has 7 aromatic rings. The fraction of sp³-hybridized carbons (Fsp3) is 0.389. The predicted molar refractivity (Wildman–Crippen MR) is 264 cm³/mol. The van der Waals surface area contributed by atoms with Crippen LogP contribution in [0.25, 0.3) is 0 Å². The molecule has 0 unspecified atom stereocenters. The van der Waals surface area contributed by atoms with Gasteiger partial charge in [-0.05, 0) is 100 Å². The van der Waals surface area contributed by atoms with Gasteiger partial charge < -0.3 is 0 Å². The van der Waals surface area contributed by atoms with Gasteiger partial charge in [-0.1, -0.05) is 139 Å². The van der Waals surface area contributed by atoms with Crippen LogP contribution in [0.1, 0.15) is 178 Å². The van der Waals surface area contributed by atoms with Gasteiger partial charge >= 0.3 is 0 Å². The van der Waals surface area contributed by atoms with Crippen LogP contribution in [0.3, 0.4) is 0 Å². The Morgan fingerprint density at radius 1 is 0.254 bits per heavy atom. The summed E-state index contributed by atoms with van der Waals surface area (Å²) >= 11 is 0. The Labute approximate surface area is 380 Å². The molecule has 0 aliphatic carbocycles. The minimum atomic E-state index is 0.485. The van der Waals surface area contributed by atoms with Crippen LogP contribution in [0.2, 0.25) is 0 Å². The van der Waals surface area contributed by atoms with Gasteiger partial charge in [0, 0.05) is 79.6 Å². The minimum Gasteiger partial charge on any atom is -0.265 e. The number of hydrogen-bond acceptors (Lipinski definition) is 9. The second-order valence-corrected chi connectivity index (χ2v) is 16.8. The molecule has 0 aliphatic rings. The molecule has 0 amide bonds. The van der Waals surface area contributed by atoms with Gasteiger partial charge in [-0.2, -0.15) is 0 Å². The van der Waals surface area contributed by atoms with Crippen LogP contribution in [-0.4, -0.2) is 44.9 Å². The smallest absolute Gasteiger partial charge is 0.115 e. The molecule has 336 valence electrons. The van der Waals surface area contributed by atoms with E-state index in [2.05, 4.69) is 172 Å². The Morgan fingerprint density at radius 3 is 1.06 bits per heavy atom. The zero-order valence-electron chi connectivity index (χ0n) is 40.6. The topological polar surface area (TPSA) is 116 Å². The van der Waals surface area contributed by atoms with E-state index in [0.717, 1.165) is 17.1 Å². The Bertz CT molecular complexity index is 1600. The highest BCUT2D eigenvalue weighted by Crippen LogP contribution is 2.14. The molecule has 0 N–H and O–H groups in total. The van der Waals surface area contributed by atoms with Crippen molar-refractivity contribution in [3.63, 3.8) is 0 Å². The van der Waals surface area contributed by atoms with E-state index in [0.29, 0.717) is 41.4 Å². The molecule has 0 saturated carbocycles. The van der Waals surface area contributed by atoms with Crippen LogP contribution in [0.15, 0.2) is 160 Å². The van der Waals surface area contributed by atoms with Gasteiger partial charge in [-0.3, -0.25) is 24.9 Å². The second kappa shape index (κ2) is 33.5. The van der Waals surface area contributed by atoms with Crippen LogP contribution in [-0.2, 0) is 0 Å². The van der Waals surface area contributed by atoms with E-state index in [-0.39, 0.29) is 0 Å². The maximum Gasteiger partial charge on any atom is 0.115 e. The van der Waals surface area contributed by atoms with Crippen LogP contribution >= 0.6 is 0 Å². The van der Waals surface area contributed by atoms with Gasteiger partial charge in [0.2, 0.25) is 0 Å². The molecule has 9 heteroatoms. The summed E-state index contributed by atoms with van der Waals surface area (Å²) in [7, 11) is 0. The monoisotopic (exact) mass is 850 g/mol. The highest BCUT2D eigenvalue weighted by molar-refractivity contribution is 5.18. The minimum absolute atomic E-state index is 0.485. The number of nitrogens with zero attached hydrogens (tertiary/aromatic N) is 9. The highest BCUT2D eigenvalue weighted by atomic mass is 14.8. The predicted octanol–water partition coefficient (Wildman–Crippen LogP) is 14.2. The summed E-state index contributed by atoms with van der Waals surface area (Å²) in [6.45, 7) is 30.0. The van der Waals surface area contributed by atoms with Crippen LogP contribution in [0, 0.1) is 0 Å². The molecule has 0 aliphatic heterocycles. The number of hydrogen-bond donors (Lipinski definition) is 0. The van der Waals surface area contributed by atoms with Crippen molar-refractivity contribution in [3.8, 4) is 0 Å². The average molecular weight is 850 g/mol. The Morgan fingerprint density at radius 2 is 0.730 bits per heavy atom. The summed E-state index contributed by atoms with van der Waals surface area (Å²) in [5.41, 5.74) is 8.58. The Hall–Kier alpha value is -6.09. The van der Waals surface area contributed by atoms with Crippen molar-refractivity contribution in [1.82, 2.24) is 44.9 Å². The van der Waals surface area contributed by atoms with Crippen LogP contribution < -0.4 is 0 Å². The van der Waals surface area contributed by atoms with Crippen molar-refractivity contribution in [2.75, 3.05) is 0 Å². The van der Waals surface area contributed by atoms with E-state index in [1.165, 1.54) is 22.3 Å². The lowest BCUT2D eigenvalue weighted by molar-refractivity contribution is 0.812. The SMILES string of the molecule is CC(C)c1ccccc1.CC(C)c1ccccn1.CC(C)c1cccnc1.CC(C)c1ccncc1.CC(C)c1ccncn1.CC(C)c1cnccn1.CC(C)c1cncnc1. The molecule has 0 atom stereocenters. The fourth-order valence-corrected chi connectivity index (χ4v) is 4.88. The quantitative estimate of drug-likeness (QED) is 0.154. The van der Waals surface area contributed by atoms with E-state index in [9.17, 15) is 0 Å². The molecule has 6 aromatic heterocycles. The van der Waals surface area contributed by atoms with Crippen molar-refractivity contribution in [3.05, 3.63) is 199 Å². The summed E-state index contributed by atoms with van der Waals surface area (Å²) in [5.74, 6) is 3.95. The molecule has 63 heavy (non-hydrogen) atoms. The zero-order chi connectivity index (χ0) is 46.8. The summed E-state index contributed by atoms with van der Waals surface area (Å²) in [6.07, 6.45) is 23.0. The molecule has 7 rings (SSSR count). The van der Waals surface area contributed by atoms with E-state index in [1.54, 1.807) is 43.6 Å². The van der Waals surface area contributed by atoms with Gasteiger partial charge in [0.05, 0.1) is 5.69 Å². The van der Waals surface area contributed by atoms with E-state index < -0.39 is 0 Å².